The van der Waals surface area contributed by atoms with Gasteiger partial charge in [-0.05, 0) is 17.7 Å². The summed E-state index contributed by atoms with van der Waals surface area (Å²) in [5.41, 5.74) is 3.62. The van der Waals surface area contributed by atoms with Crippen LogP contribution in [0.4, 0.5) is 5.82 Å². The Morgan fingerprint density at radius 1 is 0.781 bits per heavy atom. The summed E-state index contributed by atoms with van der Waals surface area (Å²) in [6.07, 6.45) is 0. The van der Waals surface area contributed by atoms with Gasteiger partial charge in [-0.3, -0.25) is 0 Å². The maximum absolute atomic E-state index is 4.85. The fourth-order valence-electron chi connectivity index (χ4n) is 3.61. The molecule has 1 heterocycles. The highest BCUT2D eigenvalue weighted by molar-refractivity contribution is 7.98. The normalized spacial score (nSPS) is 11.2. The van der Waals surface area contributed by atoms with Crippen LogP contribution in [0, 0.1) is 0 Å². The Morgan fingerprint density at radius 3 is 2.12 bits per heavy atom. The topological polar surface area (TPSA) is 37.8 Å². The number of thioether (sulfide) groups is 1. The first-order valence-corrected chi connectivity index (χ1v) is 11.6. The van der Waals surface area contributed by atoms with Crippen LogP contribution in [0.15, 0.2) is 90.1 Å². The maximum atomic E-state index is 4.85. The molecule has 3 aromatic carbocycles. The molecule has 4 rings (SSSR count). The zero-order valence-electron chi connectivity index (χ0n) is 18.5. The number of hydrogen-bond acceptors (Lipinski definition) is 4. The quantitative estimate of drug-likeness (QED) is 0.214. The van der Waals surface area contributed by atoms with Gasteiger partial charge in [-0.1, -0.05) is 84.6 Å². The Hall–Kier alpha value is -2.41. The Morgan fingerprint density at radius 2 is 1.41 bits per heavy atom. The number of aromatic nitrogens is 2. The molecule has 0 saturated carbocycles. The number of quaternary nitrogens is 1. The van der Waals surface area contributed by atoms with Gasteiger partial charge >= 0.3 is 0 Å². The smallest absolute Gasteiger partial charge is 0.190 e. The SMILES string of the molecule is C[N+](C)(CCNc1nc(SCc2ccccc2)nc2ccccc12)Cc1ccccc1.[Br-]. The van der Waals surface area contributed by atoms with Crippen LogP contribution in [-0.4, -0.2) is 41.6 Å². The lowest BCUT2D eigenvalue weighted by molar-refractivity contribution is -0.902. The van der Waals surface area contributed by atoms with Gasteiger partial charge in [0.1, 0.15) is 12.4 Å². The second-order valence-electron chi connectivity index (χ2n) is 8.38. The molecule has 0 bridgehead atoms. The summed E-state index contributed by atoms with van der Waals surface area (Å²) >= 11 is 1.68. The fourth-order valence-corrected chi connectivity index (χ4v) is 4.42. The third kappa shape index (κ3) is 6.79. The van der Waals surface area contributed by atoms with Crippen LogP contribution < -0.4 is 22.3 Å². The molecule has 6 heteroatoms. The van der Waals surface area contributed by atoms with Gasteiger partial charge in [0.25, 0.3) is 0 Å². The van der Waals surface area contributed by atoms with E-state index in [0.29, 0.717) is 0 Å². The number of nitrogens with zero attached hydrogens (tertiary/aromatic N) is 3. The van der Waals surface area contributed by atoms with E-state index in [1.54, 1.807) is 11.8 Å². The summed E-state index contributed by atoms with van der Waals surface area (Å²) in [5, 5.41) is 5.47. The zero-order valence-corrected chi connectivity index (χ0v) is 20.9. The van der Waals surface area contributed by atoms with E-state index in [2.05, 4.69) is 86.1 Å². The van der Waals surface area contributed by atoms with Gasteiger partial charge in [-0.15, -0.1) is 0 Å². The molecule has 0 atom stereocenters. The van der Waals surface area contributed by atoms with Gasteiger partial charge in [0.05, 0.1) is 32.7 Å². The van der Waals surface area contributed by atoms with Crippen molar-refractivity contribution in [3.05, 3.63) is 96.1 Å². The summed E-state index contributed by atoms with van der Waals surface area (Å²) in [6, 6.07) is 29.4. The lowest BCUT2D eigenvalue weighted by Gasteiger charge is -2.30. The maximum Gasteiger partial charge on any atom is 0.190 e. The van der Waals surface area contributed by atoms with E-state index in [0.717, 1.165) is 51.7 Å². The van der Waals surface area contributed by atoms with E-state index in [-0.39, 0.29) is 17.0 Å². The number of fused-ring (bicyclic) bond motifs is 1. The van der Waals surface area contributed by atoms with E-state index in [9.17, 15) is 0 Å². The summed E-state index contributed by atoms with van der Waals surface area (Å²) in [4.78, 5) is 9.62. The largest absolute Gasteiger partial charge is 1.00 e. The van der Waals surface area contributed by atoms with E-state index in [4.69, 9.17) is 9.97 Å². The van der Waals surface area contributed by atoms with Gasteiger partial charge < -0.3 is 26.8 Å². The fraction of sp³-hybridized carbons (Fsp3) is 0.231. The number of rotatable bonds is 9. The van der Waals surface area contributed by atoms with Crippen molar-refractivity contribution in [2.45, 2.75) is 17.5 Å². The van der Waals surface area contributed by atoms with Crippen LogP contribution in [-0.2, 0) is 12.3 Å². The standard InChI is InChI=1S/C26H29N4S.BrH/c1-30(2,19-21-11-5-3-6-12-21)18-17-27-25-23-15-9-10-16-24(23)28-26(29-25)31-20-22-13-7-4-8-14-22;/h3-16H,17-20H2,1-2H3,(H,27,28,29);1H/q+1;/p-1. The average molecular weight is 510 g/mol. The molecule has 0 saturated heterocycles. The highest BCUT2D eigenvalue weighted by Gasteiger charge is 2.16. The molecule has 0 aliphatic heterocycles. The van der Waals surface area contributed by atoms with Crippen LogP contribution >= 0.6 is 11.8 Å². The molecule has 1 N–H and O–H groups in total. The molecule has 0 spiro atoms. The molecule has 0 fully saturated rings. The molecule has 4 nitrogen and oxygen atoms in total. The predicted octanol–water partition coefficient (Wildman–Crippen LogP) is 2.61. The minimum atomic E-state index is 0. The zero-order chi connectivity index (χ0) is 21.5. The third-order valence-electron chi connectivity index (χ3n) is 5.26. The summed E-state index contributed by atoms with van der Waals surface area (Å²) < 4.78 is 0.912. The highest BCUT2D eigenvalue weighted by atomic mass is 79.9. The van der Waals surface area contributed by atoms with Crippen molar-refractivity contribution < 1.29 is 21.5 Å². The molecule has 0 aliphatic rings. The van der Waals surface area contributed by atoms with Crippen LogP contribution in [0.5, 0.6) is 0 Å². The Balaban J connectivity index is 0.00000289. The minimum absolute atomic E-state index is 0. The summed E-state index contributed by atoms with van der Waals surface area (Å²) in [7, 11) is 4.54. The van der Waals surface area contributed by atoms with Gasteiger partial charge in [0.2, 0.25) is 0 Å². The Kier molecular flexibility index (Phi) is 8.67. The summed E-state index contributed by atoms with van der Waals surface area (Å²) in [6.45, 7) is 2.86. The van der Waals surface area contributed by atoms with Gasteiger partial charge in [0, 0.05) is 16.7 Å². The first kappa shape index (κ1) is 24.2. The summed E-state index contributed by atoms with van der Waals surface area (Å²) in [5.74, 6) is 1.78. The number of para-hydroxylation sites is 1. The molecule has 0 radical (unpaired) electrons. The second-order valence-corrected chi connectivity index (χ2v) is 9.32. The predicted molar refractivity (Wildman–Crippen MR) is 131 cm³/mol. The van der Waals surface area contributed by atoms with Gasteiger partial charge in [-0.25, -0.2) is 9.97 Å². The van der Waals surface area contributed by atoms with Crippen LogP contribution in [0.3, 0.4) is 0 Å². The molecular weight excluding hydrogens is 480 g/mol. The number of likely N-dealkylation sites (N-methyl/N-ethyl adjacent to an activating group) is 1. The molecule has 0 unspecified atom stereocenters. The number of hydrogen-bond donors (Lipinski definition) is 1. The molecule has 166 valence electrons. The van der Waals surface area contributed by atoms with Crippen molar-refractivity contribution in [2.24, 2.45) is 0 Å². The van der Waals surface area contributed by atoms with Crippen molar-refractivity contribution >= 4 is 28.5 Å². The van der Waals surface area contributed by atoms with Crippen molar-refractivity contribution in [3.8, 4) is 0 Å². The molecule has 4 aromatic rings. The lowest BCUT2D eigenvalue weighted by atomic mass is 10.2. The van der Waals surface area contributed by atoms with Gasteiger partial charge in [0.15, 0.2) is 5.16 Å². The number of anilines is 1. The molecule has 0 aliphatic carbocycles. The number of benzene rings is 3. The minimum Gasteiger partial charge on any atom is -1.00 e. The molecular formula is C26H29BrN4S. The van der Waals surface area contributed by atoms with Crippen LogP contribution in [0.25, 0.3) is 10.9 Å². The second kappa shape index (κ2) is 11.5. The van der Waals surface area contributed by atoms with E-state index in [1.807, 2.05) is 18.2 Å². The average Bonchev–Trinajstić information content (AvgIpc) is 2.78. The van der Waals surface area contributed by atoms with Crippen molar-refractivity contribution in [1.82, 2.24) is 9.97 Å². The van der Waals surface area contributed by atoms with E-state index in [1.165, 1.54) is 11.1 Å². The van der Waals surface area contributed by atoms with E-state index >= 15 is 0 Å². The molecule has 32 heavy (non-hydrogen) atoms. The van der Waals surface area contributed by atoms with E-state index < -0.39 is 0 Å². The lowest BCUT2D eigenvalue weighted by Crippen LogP contribution is -3.00. The molecule has 1 aromatic heterocycles. The van der Waals surface area contributed by atoms with Gasteiger partial charge in [-0.2, -0.15) is 0 Å². The first-order chi connectivity index (χ1) is 15.1. The van der Waals surface area contributed by atoms with Crippen molar-refractivity contribution in [1.29, 1.82) is 0 Å². The monoisotopic (exact) mass is 508 g/mol. The Labute approximate surface area is 205 Å². The number of nitrogens with one attached hydrogen (secondary N) is 1. The van der Waals surface area contributed by atoms with Crippen LogP contribution in [0.1, 0.15) is 11.1 Å². The van der Waals surface area contributed by atoms with Crippen molar-refractivity contribution in [3.63, 3.8) is 0 Å². The third-order valence-corrected chi connectivity index (χ3v) is 6.17. The first-order valence-electron chi connectivity index (χ1n) is 10.6. The van der Waals surface area contributed by atoms with Crippen LogP contribution in [0.2, 0.25) is 0 Å². The Bertz CT molecular complexity index is 1120. The highest BCUT2D eigenvalue weighted by Crippen LogP contribution is 2.26. The molecule has 0 amide bonds. The van der Waals surface area contributed by atoms with Crippen molar-refractivity contribution in [2.75, 3.05) is 32.5 Å². The number of halogens is 1.